The molecule has 0 unspecified atom stereocenters. The van der Waals surface area contributed by atoms with Crippen molar-refractivity contribution in [2.24, 2.45) is 0 Å². The number of carboxylic acids is 1. The van der Waals surface area contributed by atoms with Crippen LogP contribution in [0.1, 0.15) is 32.6 Å². The zero-order valence-corrected chi connectivity index (χ0v) is 9.66. The number of likely N-dealkylation sites (N-methyl/N-ethyl adjacent to an activating group) is 1. The van der Waals surface area contributed by atoms with E-state index in [1.165, 1.54) is 0 Å². The van der Waals surface area contributed by atoms with E-state index in [0.717, 1.165) is 32.2 Å². The lowest BCUT2D eigenvalue weighted by Crippen LogP contribution is -2.53. The summed E-state index contributed by atoms with van der Waals surface area (Å²) >= 11 is 0. The van der Waals surface area contributed by atoms with Gasteiger partial charge in [0.1, 0.15) is 5.54 Å². The highest BCUT2D eigenvalue weighted by atomic mass is 16.5. The molecule has 0 atom stereocenters. The summed E-state index contributed by atoms with van der Waals surface area (Å²) in [7, 11) is 1.65. The van der Waals surface area contributed by atoms with Crippen molar-refractivity contribution >= 4 is 5.97 Å². The monoisotopic (exact) mass is 215 g/mol. The Morgan fingerprint density at radius 3 is 2.47 bits per heavy atom. The maximum Gasteiger partial charge on any atom is 0.324 e. The predicted molar refractivity (Wildman–Crippen MR) is 58.0 cm³/mol. The van der Waals surface area contributed by atoms with Gasteiger partial charge >= 0.3 is 5.97 Å². The van der Waals surface area contributed by atoms with Crippen LogP contribution in [0.25, 0.3) is 0 Å². The molecule has 0 aromatic rings. The Bertz CT molecular complexity index is 212. The number of ether oxygens (including phenoxy) is 1. The Morgan fingerprint density at radius 1 is 1.47 bits per heavy atom. The summed E-state index contributed by atoms with van der Waals surface area (Å²) in [5, 5.41) is 9.38. The molecule has 0 aliphatic heterocycles. The number of carbonyl (C=O) groups is 1. The zero-order chi connectivity index (χ0) is 11.3. The van der Waals surface area contributed by atoms with Crippen molar-refractivity contribution in [3.05, 3.63) is 0 Å². The number of aliphatic carboxylic acids is 1. The summed E-state index contributed by atoms with van der Waals surface area (Å²) in [6.07, 6.45) is 3.60. The first-order valence-corrected chi connectivity index (χ1v) is 5.64. The molecule has 0 saturated heterocycles. The Hall–Kier alpha value is -0.610. The Morgan fingerprint density at radius 2 is 2.07 bits per heavy atom. The summed E-state index contributed by atoms with van der Waals surface area (Å²) in [5.41, 5.74) is -0.618. The summed E-state index contributed by atoms with van der Waals surface area (Å²) in [6.45, 7) is 4.09. The average molecular weight is 215 g/mol. The van der Waals surface area contributed by atoms with Gasteiger partial charge in [0.05, 0.1) is 6.61 Å². The molecule has 1 aliphatic rings. The standard InChI is InChI=1S/C11H21NO3/c1-3-12(8-9-15-2)11(10(13)14)6-4-5-7-11/h3-9H2,1-2H3,(H,13,14). The lowest BCUT2D eigenvalue weighted by atomic mass is 9.95. The molecule has 4 heteroatoms. The lowest BCUT2D eigenvalue weighted by Gasteiger charge is -2.36. The van der Waals surface area contributed by atoms with Crippen molar-refractivity contribution in [3.8, 4) is 0 Å². The minimum Gasteiger partial charge on any atom is -0.480 e. The number of nitrogens with zero attached hydrogens (tertiary/aromatic N) is 1. The van der Waals surface area contributed by atoms with Gasteiger partial charge in [-0.15, -0.1) is 0 Å². The van der Waals surface area contributed by atoms with Crippen LogP contribution < -0.4 is 0 Å². The van der Waals surface area contributed by atoms with Crippen molar-refractivity contribution < 1.29 is 14.6 Å². The van der Waals surface area contributed by atoms with Gasteiger partial charge in [-0.2, -0.15) is 0 Å². The van der Waals surface area contributed by atoms with E-state index in [9.17, 15) is 9.90 Å². The molecule has 88 valence electrons. The molecule has 15 heavy (non-hydrogen) atoms. The van der Waals surface area contributed by atoms with Crippen molar-refractivity contribution in [3.63, 3.8) is 0 Å². The molecule has 1 rings (SSSR count). The summed E-state index contributed by atoms with van der Waals surface area (Å²) < 4.78 is 5.02. The lowest BCUT2D eigenvalue weighted by molar-refractivity contribution is -0.151. The van der Waals surface area contributed by atoms with Gasteiger partial charge in [-0.25, -0.2) is 0 Å². The van der Waals surface area contributed by atoms with Crippen LogP contribution >= 0.6 is 0 Å². The van der Waals surface area contributed by atoms with Gasteiger partial charge in [-0.1, -0.05) is 19.8 Å². The minimum atomic E-state index is -0.669. The van der Waals surface area contributed by atoms with Crippen LogP contribution in [0, 0.1) is 0 Å². The first kappa shape index (κ1) is 12.5. The van der Waals surface area contributed by atoms with Crippen molar-refractivity contribution in [1.82, 2.24) is 4.90 Å². The normalized spacial score (nSPS) is 19.7. The van der Waals surface area contributed by atoms with Gasteiger partial charge < -0.3 is 9.84 Å². The largest absolute Gasteiger partial charge is 0.480 e. The number of rotatable bonds is 6. The van der Waals surface area contributed by atoms with Gasteiger partial charge in [-0.05, 0) is 19.4 Å². The van der Waals surface area contributed by atoms with Crippen LogP contribution in [0.2, 0.25) is 0 Å². The fraction of sp³-hybridized carbons (Fsp3) is 0.909. The van der Waals surface area contributed by atoms with E-state index in [1.54, 1.807) is 7.11 Å². The first-order chi connectivity index (χ1) is 7.17. The molecule has 0 amide bonds. The minimum absolute atomic E-state index is 0.600. The van der Waals surface area contributed by atoms with Crippen LogP contribution in [0.5, 0.6) is 0 Å². The smallest absolute Gasteiger partial charge is 0.324 e. The maximum absolute atomic E-state index is 11.4. The highest BCUT2D eigenvalue weighted by Crippen LogP contribution is 2.35. The van der Waals surface area contributed by atoms with Crippen LogP contribution in [-0.2, 0) is 9.53 Å². The summed E-state index contributed by atoms with van der Waals surface area (Å²) in [6, 6.07) is 0. The fourth-order valence-electron chi connectivity index (χ4n) is 2.50. The highest BCUT2D eigenvalue weighted by Gasteiger charge is 2.45. The Balaban J connectivity index is 2.71. The van der Waals surface area contributed by atoms with E-state index >= 15 is 0 Å². The van der Waals surface area contributed by atoms with Crippen molar-refractivity contribution in [1.29, 1.82) is 0 Å². The second kappa shape index (κ2) is 5.47. The molecular formula is C11H21NO3. The average Bonchev–Trinajstić information content (AvgIpc) is 2.69. The van der Waals surface area contributed by atoms with E-state index in [2.05, 4.69) is 0 Å². The molecule has 0 bridgehead atoms. The molecule has 0 spiro atoms. The van der Waals surface area contributed by atoms with Crippen LogP contribution in [-0.4, -0.2) is 48.3 Å². The number of hydrogen-bond acceptors (Lipinski definition) is 3. The van der Waals surface area contributed by atoms with Crippen LogP contribution in [0.4, 0.5) is 0 Å². The molecule has 0 aromatic heterocycles. The maximum atomic E-state index is 11.4. The summed E-state index contributed by atoms with van der Waals surface area (Å²) in [5.74, 6) is -0.669. The zero-order valence-electron chi connectivity index (χ0n) is 9.66. The quantitative estimate of drug-likeness (QED) is 0.726. The van der Waals surface area contributed by atoms with Crippen molar-refractivity contribution in [2.45, 2.75) is 38.1 Å². The molecular weight excluding hydrogens is 194 g/mol. The van der Waals surface area contributed by atoms with E-state index in [0.29, 0.717) is 13.2 Å². The first-order valence-electron chi connectivity index (χ1n) is 5.64. The second-order valence-corrected chi connectivity index (χ2v) is 4.12. The van der Waals surface area contributed by atoms with Gasteiger partial charge in [-0.3, -0.25) is 9.69 Å². The molecule has 1 saturated carbocycles. The fourth-order valence-corrected chi connectivity index (χ4v) is 2.50. The number of carboxylic acid groups (broad SMARTS) is 1. The highest BCUT2D eigenvalue weighted by molar-refractivity contribution is 5.79. The molecule has 0 heterocycles. The molecule has 1 fully saturated rings. The molecule has 1 N–H and O–H groups in total. The van der Waals surface area contributed by atoms with E-state index in [4.69, 9.17) is 4.74 Å². The van der Waals surface area contributed by atoms with Crippen LogP contribution in [0.15, 0.2) is 0 Å². The molecule has 0 aromatic carbocycles. The second-order valence-electron chi connectivity index (χ2n) is 4.12. The SMILES string of the molecule is CCN(CCOC)C1(C(=O)O)CCCC1. The molecule has 1 aliphatic carbocycles. The third-order valence-electron chi connectivity index (χ3n) is 3.38. The number of methoxy groups -OCH3 is 1. The predicted octanol–water partition coefficient (Wildman–Crippen LogP) is 1.35. The van der Waals surface area contributed by atoms with Crippen LogP contribution in [0.3, 0.4) is 0 Å². The molecule has 0 radical (unpaired) electrons. The van der Waals surface area contributed by atoms with E-state index < -0.39 is 11.5 Å². The van der Waals surface area contributed by atoms with Gasteiger partial charge in [0.15, 0.2) is 0 Å². The Kier molecular flexibility index (Phi) is 4.54. The van der Waals surface area contributed by atoms with E-state index in [1.807, 2.05) is 11.8 Å². The third-order valence-corrected chi connectivity index (χ3v) is 3.38. The van der Waals surface area contributed by atoms with Gasteiger partial charge in [0.25, 0.3) is 0 Å². The van der Waals surface area contributed by atoms with Gasteiger partial charge in [0.2, 0.25) is 0 Å². The Labute approximate surface area is 91.2 Å². The van der Waals surface area contributed by atoms with E-state index in [-0.39, 0.29) is 0 Å². The topological polar surface area (TPSA) is 49.8 Å². The number of hydrogen-bond donors (Lipinski definition) is 1. The molecule has 4 nitrogen and oxygen atoms in total. The van der Waals surface area contributed by atoms with Gasteiger partial charge in [0, 0.05) is 13.7 Å². The third kappa shape index (κ3) is 2.49. The summed E-state index contributed by atoms with van der Waals surface area (Å²) in [4.78, 5) is 13.5. The van der Waals surface area contributed by atoms with Crippen molar-refractivity contribution in [2.75, 3.05) is 26.8 Å².